The molecule has 7 nitrogen and oxygen atoms in total. The molecule has 0 bridgehead atoms. The molecular weight excluding hydrogens is 522 g/mol. The molecule has 1 atom stereocenters. The summed E-state index contributed by atoms with van der Waals surface area (Å²) in [6.45, 7) is 7.57. The molecule has 0 radical (unpaired) electrons. The van der Waals surface area contributed by atoms with Crippen LogP contribution in [0.5, 0.6) is 0 Å². The van der Waals surface area contributed by atoms with Crippen molar-refractivity contribution >= 4 is 39.1 Å². The lowest BCUT2D eigenvalue weighted by Gasteiger charge is -2.32. The molecule has 9 heteroatoms. The van der Waals surface area contributed by atoms with Gasteiger partial charge in [0.05, 0.1) is 10.6 Å². The summed E-state index contributed by atoms with van der Waals surface area (Å²) >= 11 is 6.03. The SMILES string of the molecule is Cc1ccc(S(=O)(=O)N(CC(=O)N(Cc2ccc(Cl)cc2)[C@@H](C)C(=O)NCC(C)C)c2ccccc2)cc1. The van der Waals surface area contributed by atoms with Gasteiger partial charge in [0.25, 0.3) is 10.0 Å². The summed E-state index contributed by atoms with van der Waals surface area (Å²) in [6.07, 6.45) is 0. The molecule has 3 rings (SSSR count). The molecule has 0 saturated heterocycles. The lowest BCUT2D eigenvalue weighted by molar-refractivity contribution is -0.139. The Morgan fingerprint density at radius 2 is 1.50 bits per heavy atom. The zero-order chi connectivity index (χ0) is 27.9. The van der Waals surface area contributed by atoms with Gasteiger partial charge in [0.15, 0.2) is 0 Å². The predicted molar refractivity (Wildman–Crippen MR) is 151 cm³/mol. The van der Waals surface area contributed by atoms with E-state index in [-0.39, 0.29) is 23.3 Å². The molecule has 202 valence electrons. The van der Waals surface area contributed by atoms with Crippen molar-refractivity contribution in [2.24, 2.45) is 5.92 Å². The number of nitrogens with one attached hydrogen (secondary N) is 1. The van der Waals surface area contributed by atoms with Crippen molar-refractivity contribution in [3.8, 4) is 0 Å². The van der Waals surface area contributed by atoms with E-state index < -0.39 is 28.5 Å². The fraction of sp³-hybridized carbons (Fsp3) is 0.310. The second-order valence-electron chi connectivity index (χ2n) is 9.62. The van der Waals surface area contributed by atoms with Gasteiger partial charge in [-0.1, -0.05) is 73.5 Å². The Bertz CT molecular complexity index is 1330. The minimum absolute atomic E-state index is 0.0757. The van der Waals surface area contributed by atoms with Gasteiger partial charge in [-0.05, 0) is 61.7 Å². The molecule has 0 aliphatic carbocycles. The average molecular weight is 556 g/mol. The molecule has 0 heterocycles. The van der Waals surface area contributed by atoms with Gasteiger partial charge >= 0.3 is 0 Å². The topological polar surface area (TPSA) is 86.8 Å². The van der Waals surface area contributed by atoms with Gasteiger partial charge in [0.1, 0.15) is 12.6 Å². The van der Waals surface area contributed by atoms with Crippen LogP contribution >= 0.6 is 11.6 Å². The molecule has 0 aromatic heterocycles. The monoisotopic (exact) mass is 555 g/mol. The maximum atomic E-state index is 13.8. The number of amides is 2. The van der Waals surface area contributed by atoms with Crippen LogP contribution in [0.3, 0.4) is 0 Å². The molecule has 0 fully saturated rings. The first-order valence-corrected chi connectivity index (χ1v) is 14.3. The highest BCUT2D eigenvalue weighted by Crippen LogP contribution is 2.25. The van der Waals surface area contributed by atoms with E-state index in [4.69, 9.17) is 11.6 Å². The van der Waals surface area contributed by atoms with Crippen LogP contribution in [0.4, 0.5) is 5.69 Å². The Kier molecular flexibility index (Phi) is 9.94. The first kappa shape index (κ1) is 29.2. The molecular formula is C29H34ClN3O4S. The molecule has 0 saturated carbocycles. The zero-order valence-electron chi connectivity index (χ0n) is 22.1. The molecule has 0 spiro atoms. The summed E-state index contributed by atoms with van der Waals surface area (Å²) < 4.78 is 28.6. The summed E-state index contributed by atoms with van der Waals surface area (Å²) in [4.78, 5) is 28.3. The Morgan fingerprint density at radius 1 is 0.895 bits per heavy atom. The number of sulfonamides is 1. The molecule has 0 unspecified atom stereocenters. The molecule has 0 aliphatic heterocycles. The third kappa shape index (κ3) is 7.58. The van der Waals surface area contributed by atoms with Crippen molar-refractivity contribution in [3.05, 3.63) is 95.0 Å². The van der Waals surface area contributed by atoms with E-state index in [1.54, 1.807) is 73.7 Å². The lowest BCUT2D eigenvalue weighted by Crippen LogP contribution is -2.51. The minimum Gasteiger partial charge on any atom is -0.354 e. The summed E-state index contributed by atoms with van der Waals surface area (Å²) in [5, 5.41) is 3.42. The molecule has 38 heavy (non-hydrogen) atoms. The Labute approximate surface area is 230 Å². The van der Waals surface area contributed by atoms with Crippen LogP contribution in [0.15, 0.2) is 83.8 Å². The molecule has 0 aliphatic rings. The number of benzene rings is 3. The van der Waals surface area contributed by atoms with Crippen molar-refractivity contribution in [1.29, 1.82) is 0 Å². The van der Waals surface area contributed by atoms with E-state index in [1.807, 2.05) is 20.8 Å². The van der Waals surface area contributed by atoms with Gasteiger partial charge < -0.3 is 10.2 Å². The average Bonchev–Trinajstić information content (AvgIpc) is 2.90. The van der Waals surface area contributed by atoms with Crippen molar-refractivity contribution in [2.45, 2.75) is 45.2 Å². The predicted octanol–water partition coefficient (Wildman–Crippen LogP) is 5.03. The van der Waals surface area contributed by atoms with Gasteiger partial charge in [-0.3, -0.25) is 13.9 Å². The van der Waals surface area contributed by atoms with E-state index in [0.29, 0.717) is 17.3 Å². The van der Waals surface area contributed by atoms with E-state index in [2.05, 4.69) is 5.32 Å². The second kappa shape index (κ2) is 12.9. The molecule has 3 aromatic rings. The number of nitrogens with zero attached hydrogens (tertiary/aromatic N) is 2. The first-order valence-electron chi connectivity index (χ1n) is 12.4. The number of rotatable bonds is 11. The van der Waals surface area contributed by atoms with Crippen molar-refractivity contribution in [1.82, 2.24) is 10.2 Å². The van der Waals surface area contributed by atoms with Gasteiger partial charge in [0, 0.05) is 18.1 Å². The van der Waals surface area contributed by atoms with E-state index >= 15 is 0 Å². The number of carbonyl (C=O) groups excluding carboxylic acids is 2. The van der Waals surface area contributed by atoms with E-state index in [1.165, 1.54) is 17.0 Å². The Morgan fingerprint density at radius 3 is 2.08 bits per heavy atom. The Hall–Kier alpha value is -3.36. The van der Waals surface area contributed by atoms with E-state index in [9.17, 15) is 18.0 Å². The van der Waals surface area contributed by atoms with E-state index in [0.717, 1.165) is 15.4 Å². The van der Waals surface area contributed by atoms with Crippen LogP contribution in [-0.4, -0.2) is 44.3 Å². The van der Waals surface area contributed by atoms with Crippen LogP contribution in [0.1, 0.15) is 31.9 Å². The van der Waals surface area contributed by atoms with Gasteiger partial charge in [-0.25, -0.2) is 8.42 Å². The second-order valence-corrected chi connectivity index (χ2v) is 11.9. The normalized spacial score (nSPS) is 12.2. The third-order valence-corrected chi connectivity index (χ3v) is 8.09. The number of halogens is 1. The highest BCUT2D eigenvalue weighted by molar-refractivity contribution is 7.92. The third-order valence-electron chi connectivity index (χ3n) is 6.05. The highest BCUT2D eigenvalue weighted by atomic mass is 35.5. The Balaban J connectivity index is 1.97. The largest absolute Gasteiger partial charge is 0.354 e. The summed E-state index contributed by atoms with van der Waals surface area (Å²) in [7, 11) is -4.08. The first-order chi connectivity index (χ1) is 18.0. The van der Waals surface area contributed by atoms with Crippen LogP contribution in [0.25, 0.3) is 0 Å². The maximum absolute atomic E-state index is 13.8. The van der Waals surface area contributed by atoms with Crippen molar-refractivity contribution in [3.63, 3.8) is 0 Å². The van der Waals surface area contributed by atoms with Crippen molar-refractivity contribution in [2.75, 3.05) is 17.4 Å². The lowest BCUT2D eigenvalue weighted by atomic mass is 10.1. The summed E-state index contributed by atoms with van der Waals surface area (Å²) in [5.74, 6) is -0.583. The number of hydrogen-bond donors (Lipinski definition) is 1. The number of hydrogen-bond acceptors (Lipinski definition) is 4. The van der Waals surface area contributed by atoms with Gasteiger partial charge in [-0.2, -0.15) is 0 Å². The fourth-order valence-corrected chi connectivity index (χ4v) is 5.32. The summed E-state index contributed by atoms with van der Waals surface area (Å²) in [6, 6.07) is 21.1. The number of carbonyl (C=O) groups is 2. The van der Waals surface area contributed by atoms with Crippen molar-refractivity contribution < 1.29 is 18.0 Å². The van der Waals surface area contributed by atoms with Crippen LogP contribution < -0.4 is 9.62 Å². The highest BCUT2D eigenvalue weighted by Gasteiger charge is 2.32. The number of para-hydroxylation sites is 1. The van der Waals surface area contributed by atoms with Crippen LogP contribution in [-0.2, 0) is 26.2 Å². The number of aryl methyl sites for hydroxylation is 1. The van der Waals surface area contributed by atoms with Crippen LogP contribution in [0, 0.1) is 12.8 Å². The number of anilines is 1. The zero-order valence-corrected chi connectivity index (χ0v) is 23.7. The van der Waals surface area contributed by atoms with Crippen LogP contribution in [0.2, 0.25) is 5.02 Å². The minimum atomic E-state index is -4.08. The van der Waals surface area contributed by atoms with Gasteiger partial charge in [0.2, 0.25) is 11.8 Å². The molecule has 3 aromatic carbocycles. The maximum Gasteiger partial charge on any atom is 0.264 e. The van der Waals surface area contributed by atoms with Gasteiger partial charge in [-0.15, -0.1) is 0 Å². The standard InChI is InChI=1S/C29H34ClN3O4S/c1-21(2)18-31-29(35)23(4)32(19-24-12-14-25(30)15-13-24)28(34)20-33(26-8-6-5-7-9-26)38(36,37)27-16-10-22(3)11-17-27/h5-17,21,23H,18-20H2,1-4H3,(H,31,35)/t23-/m0/s1. The quantitative estimate of drug-likeness (QED) is 0.359. The fourth-order valence-electron chi connectivity index (χ4n) is 3.78. The molecule has 2 amide bonds. The molecule has 1 N–H and O–H groups in total. The smallest absolute Gasteiger partial charge is 0.264 e. The summed E-state index contributed by atoms with van der Waals surface area (Å²) in [5.41, 5.74) is 2.03.